The maximum atomic E-state index is 11.9. The molecule has 0 unspecified atom stereocenters. The molecule has 1 aromatic rings. The van der Waals surface area contributed by atoms with E-state index in [1.807, 2.05) is 30.3 Å². The lowest BCUT2D eigenvalue weighted by Crippen LogP contribution is -2.44. The Morgan fingerprint density at radius 2 is 2.05 bits per heavy atom. The highest BCUT2D eigenvalue weighted by Crippen LogP contribution is 2.45. The second-order valence-electron chi connectivity index (χ2n) is 5.52. The van der Waals surface area contributed by atoms with Gasteiger partial charge in [0.2, 0.25) is 0 Å². The molecule has 2 bridgehead atoms. The van der Waals surface area contributed by atoms with Crippen LogP contribution in [0.1, 0.15) is 31.2 Å². The first-order chi connectivity index (χ1) is 9.20. The lowest BCUT2D eigenvalue weighted by molar-refractivity contribution is -0.0639. The zero-order valence-electron chi connectivity index (χ0n) is 11.3. The van der Waals surface area contributed by atoms with Gasteiger partial charge in [-0.3, -0.25) is 4.90 Å². The second kappa shape index (κ2) is 4.85. The smallest absolute Gasteiger partial charge is 0.409 e. The normalized spacial score (nSPS) is 29.4. The highest BCUT2D eigenvalue weighted by atomic mass is 16.6. The molecule has 2 fully saturated rings. The molecule has 0 saturated carbocycles. The largest absolute Gasteiger partial charge is 0.428 e. The van der Waals surface area contributed by atoms with Gasteiger partial charge < -0.3 is 10.1 Å². The molecule has 2 saturated heterocycles. The average molecular weight is 260 g/mol. The zero-order valence-corrected chi connectivity index (χ0v) is 11.3. The summed E-state index contributed by atoms with van der Waals surface area (Å²) in [4.78, 5) is 14.2. The van der Waals surface area contributed by atoms with Crippen LogP contribution in [0.15, 0.2) is 30.3 Å². The van der Waals surface area contributed by atoms with E-state index in [0.29, 0.717) is 12.6 Å². The Bertz CT molecular complexity index is 452. The first-order valence-electron chi connectivity index (χ1n) is 6.93. The molecule has 2 aliphatic rings. The third-order valence-corrected chi connectivity index (χ3v) is 4.49. The number of amides is 1. The molecule has 1 aromatic carbocycles. The maximum Gasteiger partial charge on any atom is 0.409 e. The minimum Gasteiger partial charge on any atom is -0.428 e. The van der Waals surface area contributed by atoms with Gasteiger partial charge in [-0.25, -0.2) is 4.79 Å². The third-order valence-electron chi connectivity index (χ3n) is 4.49. The van der Waals surface area contributed by atoms with Gasteiger partial charge in [-0.05, 0) is 25.5 Å². The average Bonchev–Trinajstić information content (AvgIpc) is 2.90. The van der Waals surface area contributed by atoms with Crippen molar-refractivity contribution in [2.45, 2.75) is 44.0 Å². The number of alkyl carbamates (subject to hydrolysis) is 1. The van der Waals surface area contributed by atoms with Gasteiger partial charge >= 0.3 is 6.09 Å². The predicted octanol–water partition coefficient (Wildman–Crippen LogP) is 2.50. The van der Waals surface area contributed by atoms with Crippen molar-refractivity contribution >= 4 is 6.09 Å². The van der Waals surface area contributed by atoms with Crippen molar-refractivity contribution in [3.05, 3.63) is 35.9 Å². The molecule has 2 heterocycles. The number of carbonyl (C=O) groups excluding carboxylic acids is 1. The van der Waals surface area contributed by atoms with Gasteiger partial charge in [-0.2, -0.15) is 0 Å². The molecule has 1 N–H and O–H groups in total. The Balaban J connectivity index is 1.55. The van der Waals surface area contributed by atoms with E-state index in [-0.39, 0.29) is 11.8 Å². The van der Waals surface area contributed by atoms with Crippen LogP contribution < -0.4 is 5.32 Å². The molecule has 0 atom stereocenters. The van der Waals surface area contributed by atoms with Crippen molar-refractivity contribution in [3.63, 3.8) is 0 Å². The van der Waals surface area contributed by atoms with Crippen LogP contribution in [0.2, 0.25) is 0 Å². The molecular weight excluding hydrogens is 240 g/mol. The van der Waals surface area contributed by atoms with E-state index in [2.05, 4.69) is 17.3 Å². The van der Waals surface area contributed by atoms with Crippen LogP contribution in [-0.4, -0.2) is 29.8 Å². The summed E-state index contributed by atoms with van der Waals surface area (Å²) in [7, 11) is 2.06. The van der Waals surface area contributed by atoms with E-state index >= 15 is 0 Å². The molecule has 3 rings (SSSR count). The fourth-order valence-corrected chi connectivity index (χ4v) is 3.28. The van der Waals surface area contributed by atoms with Crippen LogP contribution in [0.5, 0.6) is 0 Å². The van der Waals surface area contributed by atoms with E-state index in [9.17, 15) is 4.79 Å². The first-order valence-corrected chi connectivity index (χ1v) is 6.93. The van der Waals surface area contributed by atoms with E-state index < -0.39 is 0 Å². The van der Waals surface area contributed by atoms with Crippen LogP contribution in [0.4, 0.5) is 4.79 Å². The van der Waals surface area contributed by atoms with E-state index in [1.54, 1.807) is 0 Å². The van der Waals surface area contributed by atoms with E-state index in [4.69, 9.17) is 4.74 Å². The summed E-state index contributed by atoms with van der Waals surface area (Å²) in [6, 6.07) is 10.5. The van der Waals surface area contributed by atoms with Crippen LogP contribution in [0, 0.1) is 0 Å². The van der Waals surface area contributed by atoms with Crippen molar-refractivity contribution in [1.29, 1.82) is 0 Å². The molecule has 0 spiro atoms. The monoisotopic (exact) mass is 260 g/mol. The van der Waals surface area contributed by atoms with E-state index in [1.165, 1.54) is 0 Å². The summed E-state index contributed by atoms with van der Waals surface area (Å²) in [5.41, 5.74) is 0.742. The Morgan fingerprint density at radius 1 is 1.37 bits per heavy atom. The Hall–Kier alpha value is -1.55. The number of ether oxygens (including phenoxy) is 1. The number of carbonyl (C=O) groups is 1. The number of fused-ring (bicyclic) bond motifs is 2. The molecule has 0 radical (unpaired) electrons. The van der Waals surface area contributed by atoms with Gasteiger partial charge in [-0.1, -0.05) is 30.3 Å². The lowest BCUT2D eigenvalue weighted by Gasteiger charge is -2.31. The van der Waals surface area contributed by atoms with Crippen molar-refractivity contribution < 1.29 is 9.53 Å². The summed E-state index contributed by atoms with van der Waals surface area (Å²) in [6.07, 6.45) is 3.91. The topological polar surface area (TPSA) is 41.6 Å². The summed E-state index contributed by atoms with van der Waals surface area (Å²) in [6.45, 7) is 0.517. The molecule has 19 heavy (non-hydrogen) atoms. The fourth-order valence-electron chi connectivity index (χ4n) is 3.28. The molecule has 4 heteroatoms. The van der Waals surface area contributed by atoms with Crippen LogP contribution >= 0.6 is 0 Å². The molecule has 0 aliphatic carbocycles. The van der Waals surface area contributed by atoms with Crippen LogP contribution in [-0.2, 0) is 11.3 Å². The Kier molecular flexibility index (Phi) is 3.19. The molecular formula is C15H20N2O2. The predicted molar refractivity (Wildman–Crippen MR) is 72.5 cm³/mol. The number of hydrogen-bond acceptors (Lipinski definition) is 3. The van der Waals surface area contributed by atoms with Gasteiger partial charge in [0.1, 0.15) is 0 Å². The van der Waals surface area contributed by atoms with Crippen molar-refractivity contribution in [2.75, 3.05) is 7.05 Å². The highest BCUT2D eigenvalue weighted by Gasteiger charge is 2.52. The summed E-state index contributed by atoms with van der Waals surface area (Å²) in [5.74, 6) is 0. The third kappa shape index (κ3) is 2.32. The molecule has 102 valence electrons. The minimum atomic E-state index is -0.342. The molecule has 2 aliphatic heterocycles. The first kappa shape index (κ1) is 12.5. The number of rotatable bonds is 3. The molecule has 1 amide bonds. The quantitative estimate of drug-likeness (QED) is 0.908. The van der Waals surface area contributed by atoms with Gasteiger partial charge in [0, 0.05) is 25.4 Å². The van der Waals surface area contributed by atoms with Crippen molar-refractivity contribution in [1.82, 2.24) is 10.2 Å². The van der Waals surface area contributed by atoms with Gasteiger partial charge in [0.05, 0.1) is 0 Å². The van der Waals surface area contributed by atoms with Crippen molar-refractivity contribution in [2.24, 2.45) is 0 Å². The van der Waals surface area contributed by atoms with E-state index in [0.717, 1.165) is 31.2 Å². The lowest BCUT2D eigenvalue weighted by atomic mass is 9.98. The molecule has 0 aromatic heterocycles. The van der Waals surface area contributed by atoms with Gasteiger partial charge in [0.25, 0.3) is 0 Å². The molecule has 4 nitrogen and oxygen atoms in total. The number of benzene rings is 1. The highest BCUT2D eigenvalue weighted by molar-refractivity contribution is 5.67. The number of hydrogen-bond donors (Lipinski definition) is 1. The fraction of sp³-hybridized carbons (Fsp3) is 0.533. The van der Waals surface area contributed by atoms with Gasteiger partial charge in [0.15, 0.2) is 5.72 Å². The minimum absolute atomic E-state index is 0.307. The SMILES string of the molecule is CN1C2CCC1(OC(=O)NCc1ccccc1)CC2. The number of nitrogens with one attached hydrogen (secondary N) is 1. The van der Waals surface area contributed by atoms with Crippen LogP contribution in [0.3, 0.4) is 0 Å². The summed E-state index contributed by atoms with van der Waals surface area (Å²) < 4.78 is 5.70. The van der Waals surface area contributed by atoms with Gasteiger partial charge in [-0.15, -0.1) is 0 Å². The summed E-state index contributed by atoms with van der Waals surface area (Å²) in [5, 5.41) is 2.84. The maximum absolute atomic E-state index is 11.9. The van der Waals surface area contributed by atoms with Crippen molar-refractivity contribution in [3.8, 4) is 0 Å². The standard InChI is InChI=1S/C15H20N2O2/c1-17-13-7-9-15(17,10-8-13)19-14(18)16-11-12-5-3-2-4-6-12/h2-6,13H,7-11H2,1H3,(H,16,18). The second-order valence-corrected chi connectivity index (χ2v) is 5.52. The summed E-state index contributed by atoms with van der Waals surface area (Å²) >= 11 is 0. The number of nitrogens with zero attached hydrogens (tertiary/aromatic N) is 1. The Labute approximate surface area is 113 Å². The van der Waals surface area contributed by atoms with Crippen LogP contribution in [0.25, 0.3) is 0 Å². The Morgan fingerprint density at radius 3 is 2.63 bits per heavy atom. The zero-order chi connectivity index (χ0) is 13.3.